The third-order valence-electron chi connectivity index (χ3n) is 3.35. The molecule has 0 aromatic heterocycles. The summed E-state index contributed by atoms with van der Waals surface area (Å²) in [6, 6.07) is 0. The van der Waals surface area contributed by atoms with Crippen LogP contribution < -0.4 is 0 Å². The Morgan fingerprint density at radius 1 is 0.769 bits per heavy atom. The van der Waals surface area contributed by atoms with Gasteiger partial charge >= 0.3 is 0 Å². The Morgan fingerprint density at radius 3 is 1.92 bits per heavy atom. The molecule has 78 valence electrons. The molecule has 0 radical (unpaired) electrons. The summed E-state index contributed by atoms with van der Waals surface area (Å²) in [4.78, 5) is 0. The highest BCUT2D eigenvalue weighted by Crippen LogP contribution is 2.36. The lowest BCUT2D eigenvalue weighted by Gasteiger charge is -2.23. The lowest BCUT2D eigenvalue weighted by Crippen LogP contribution is -2.17. The Kier molecular flexibility index (Phi) is 3.37. The van der Waals surface area contributed by atoms with Crippen molar-refractivity contribution in [3.8, 4) is 0 Å². The maximum atomic E-state index is 13.7. The molecule has 0 heterocycles. The molecule has 1 unspecified atom stereocenters. The molecule has 1 fully saturated rings. The Balaban J connectivity index is 2.48. The van der Waals surface area contributed by atoms with E-state index in [4.69, 9.17) is 0 Å². The number of rotatable bonds is 0. The summed E-state index contributed by atoms with van der Waals surface area (Å²) in [5, 5.41) is 0. The SMILES string of the molecule is CC1(C)CCCCC(C)(F)CCC1. The average Bonchev–Trinajstić information content (AvgIpc) is 2.01. The first-order chi connectivity index (χ1) is 5.91. The fourth-order valence-electron chi connectivity index (χ4n) is 2.28. The van der Waals surface area contributed by atoms with Crippen molar-refractivity contribution in [2.45, 2.75) is 71.4 Å². The molecule has 0 saturated heterocycles. The van der Waals surface area contributed by atoms with E-state index >= 15 is 0 Å². The van der Waals surface area contributed by atoms with Gasteiger partial charge in [-0.3, -0.25) is 0 Å². The van der Waals surface area contributed by atoms with Crippen molar-refractivity contribution in [1.82, 2.24) is 0 Å². The molecule has 13 heavy (non-hydrogen) atoms. The van der Waals surface area contributed by atoms with Gasteiger partial charge in [0.15, 0.2) is 0 Å². The summed E-state index contributed by atoms with van der Waals surface area (Å²) in [6.07, 6.45) is 7.30. The molecule has 1 rings (SSSR count). The second-order valence-corrected chi connectivity index (χ2v) is 5.64. The van der Waals surface area contributed by atoms with Crippen molar-refractivity contribution in [2.24, 2.45) is 5.41 Å². The first kappa shape index (κ1) is 11.0. The first-order valence-corrected chi connectivity index (χ1v) is 5.60. The predicted octanol–water partition coefficient (Wildman–Crippen LogP) is 4.49. The van der Waals surface area contributed by atoms with E-state index in [2.05, 4.69) is 13.8 Å². The van der Waals surface area contributed by atoms with E-state index in [1.165, 1.54) is 19.3 Å². The number of halogens is 1. The van der Waals surface area contributed by atoms with Crippen LogP contribution in [0.4, 0.5) is 4.39 Å². The van der Waals surface area contributed by atoms with Gasteiger partial charge in [0.2, 0.25) is 0 Å². The smallest absolute Gasteiger partial charge is 0.108 e. The number of hydrogen-bond acceptors (Lipinski definition) is 0. The molecule has 0 nitrogen and oxygen atoms in total. The summed E-state index contributed by atoms with van der Waals surface area (Å²) in [5.41, 5.74) is -0.444. The van der Waals surface area contributed by atoms with Gasteiger partial charge in [0, 0.05) is 0 Å². The lowest BCUT2D eigenvalue weighted by molar-refractivity contribution is 0.153. The van der Waals surface area contributed by atoms with Crippen LogP contribution in [0.1, 0.15) is 65.7 Å². The molecule has 1 atom stereocenters. The zero-order valence-electron chi connectivity index (χ0n) is 9.33. The maximum absolute atomic E-state index is 13.7. The standard InChI is InChI=1S/C12H23F/c1-11(2)7-4-5-9-12(3,13)10-6-8-11/h4-10H2,1-3H3. The second-order valence-electron chi connectivity index (χ2n) is 5.64. The van der Waals surface area contributed by atoms with Gasteiger partial charge in [-0.25, -0.2) is 4.39 Å². The Labute approximate surface area is 81.9 Å². The van der Waals surface area contributed by atoms with Gasteiger partial charge in [-0.1, -0.05) is 26.7 Å². The molecule has 1 aliphatic carbocycles. The second kappa shape index (κ2) is 3.98. The normalized spacial score (nSPS) is 36.0. The lowest BCUT2D eigenvalue weighted by atomic mass is 9.83. The van der Waals surface area contributed by atoms with Gasteiger partial charge in [0.1, 0.15) is 5.67 Å². The molecule has 0 amide bonds. The van der Waals surface area contributed by atoms with Gasteiger partial charge < -0.3 is 0 Å². The van der Waals surface area contributed by atoms with Crippen LogP contribution in [0.3, 0.4) is 0 Å². The third-order valence-corrected chi connectivity index (χ3v) is 3.35. The van der Waals surface area contributed by atoms with E-state index in [1.807, 2.05) is 0 Å². The largest absolute Gasteiger partial charge is 0.244 e. The van der Waals surface area contributed by atoms with Crippen LogP contribution in [0.5, 0.6) is 0 Å². The molecule has 1 heteroatoms. The first-order valence-electron chi connectivity index (χ1n) is 5.60. The quantitative estimate of drug-likeness (QED) is 0.523. The van der Waals surface area contributed by atoms with E-state index in [9.17, 15) is 4.39 Å². The fraction of sp³-hybridized carbons (Fsp3) is 1.00. The zero-order valence-corrected chi connectivity index (χ0v) is 9.33. The van der Waals surface area contributed by atoms with Gasteiger partial charge in [-0.15, -0.1) is 0 Å². The molecular weight excluding hydrogens is 163 g/mol. The van der Waals surface area contributed by atoms with Crippen LogP contribution >= 0.6 is 0 Å². The molecule has 0 N–H and O–H groups in total. The van der Waals surface area contributed by atoms with Crippen molar-refractivity contribution in [3.63, 3.8) is 0 Å². The van der Waals surface area contributed by atoms with Crippen molar-refractivity contribution in [3.05, 3.63) is 0 Å². The summed E-state index contributed by atoms with van der Waals surface area (Å²) in [5.74, 6) is 0. The number of alkyl halides is 1. The van der Waals surface area contributed by atoms with E-state index in [0.29, 0.717) is 5.41 Å². The van der Waals surface area contributed by atoms with Crippen LogP contribution in [0.2, 0.25) is 0 Å². The maximum Gasteiger partial charge on any atom is 0.108 e. The fourth-order valence-corrected chi connectivity index (χ4v) is 2.28. The van der Waals surface area contributed by atoms with Gasteiger partial charge in [0.05, 0.1) is 0 Å². The molecule has 0 aromatic rings. The van der Waals surface area contributed by atoms with Crippen molar-refractivity contribution in [2.75, 3.05) is 0 Å². The molecular formula is C12H23F. The van der Waals surface area contributed by atoms with Crippen LogP contribution in [0.15, 0.2) is 0 Å². The van der Waals surface area contributed by atoms with Gasteiger partial charge in [0.25, 0.3) is 0 Å². The minimum Gasteiger partial charge on any atom is -0.244 e. The highest BCUT2D eigenvalue weighted by Gasteiger charge is 2.26. The van der Waals surface area contributed by atoms with Gasteiger partial charge in [-0.05, 0) is 44.4 Å². The summed E-state index contributed by atoms with van der Waals surface area (Å²) in [6.45, 7) is 6.40. The zero-order chi connectivity index (χ0) is 9.95. The third kappa shape index (κ3) is 4.10. The Morgan fingerprint density at radius 2 is 1.23 bits per heavy atom. The van der Waals surface area contributed by atoms with E-state index in [1.54, 1.807) is 6.92 Å². The van der Waals surface area contributed by atoms with E-state index in [0.717, 1.165) is 25.7 Å². The topological polar surface area (TPSA) is 0 Å². The van der Waals surface area contributed by atoms with Crippen molar-refractivity contribution >= 4 is 0 Å². The Hall–Kier alpha value is -0.0700. The van der Waals surface area contributed by atoms with E-state index < -0.39 is 5.67 Å². The van der Waals surface area contributed by atoms with Crippen molar-refractivity contribution in [1.29, 1.82) is 0 Å². The average molecular weight is 186 g/mol. The van der Waals surface area contributed by atoms with Crippen LogP contribution in [-0.2, 0) is 0 Å². The minimum atomic E-state index is -0.888. The summed E-state index contributed by atoms with van der Waals surface area (Å²) in [7, 11) is 0. The molecule has 1 saturated carbocycles. The highest BCUT2D eigenvalue weighted by molar-refractivity contribution is 4.78. The van der Waals surface area contributed by atoms with Crippen molar-refractivity contribution < 1.29 is 4.39 Å². The summed E-state index contributed by atoms with van der Waals surface area (Å²) >= 11 is 0. The monoisotopic (exact) mass is 186 g/mol. The van der Waals surface area contributed by atoms with Gasteiger partial charge in [-0.2, -0.15) is 0 Å². The molecule has 1 aliphatic rings. The van der Waals surface area contributed by atoms with E-state index in [-0.39, 0.29) is 0 Å². The van der Waals surface area contributed by atoms with Crippen LogP contribution in [-0.4, -0.2) is 5.67 Å². The summed E-state index contributed by atoms with van der Waals surface area (Å²) < 4.78 is 13.7. The molecule has 0 bridgehead atoms. The molecule has 0 aliphatic heterocycles. The number of hydrogen-bond donors (Lipinski definition) is 0. The predicted molar refractivity (Wildman–Crippen MR) is 55.6 cm³/mol. The minimum absolute atomic E-state index is 0.445. The molecule has 0 aromatic carbocycles. The Bertz CT molecular complexity index is 141. The molecule has 0 spiro atoms. The highest BCUT2D eigenvalue weighted by atomic mass is 19.1. The van der Waals surface area contributed by atoms with Crippen LogP contribution in [0.25, 0.3) is 0 Å². The van der Waals surface area contributed by atoms with Crippen LogP contribution in [0, 0.1) is 5.41 Å².